The molecular formula is C12H21N3O2. The summed E-state index contributed by atoms with van der Waals surface area (Å²) in [5.74, 6) is -0.633. The molecule has 96 valence electrons. The fourth-order valence-corrected chi connectivity index (χ4v) is 1.45. The van der Waals surface area contributed by atoms with Gasteiger partial charge in [0.15, 0.2) is 5.71 Å². The summed E-state index contributed by atoms with van der Waals surface area (Å²) in [4.78, 5) is 23.7. The molecule has 1 saturated heterocycles. The van der Waals surface area contributed by atoms with Gasteiger partial charge in [0.2, 0.25) is 5.78 Å². The Bertz CT molecular complexity index is 372. The largest absolute Gasteiger partial charge is 0.340 e. The zero-order valence-corrected chi connectivity index (χ0v) is 11.3. The minimum atomic E-state index is -0.490. The normalized spacial score (nSPS) is 24.1. The first-order valence-corrected chi connectivity index (χ1v) is 5.72. The van der Waals surface area contributed by atoms with Gasteiger partial charge in [-0.1, -0.05) is 20.8 Å². The van der Waals surface area contributed by atoms with Crippen molar-refractivity contribution in [1.82, 2.24) is 10.7 Å². The molecule has 1 heterocycles. The number of amides is 1. The fourth-order valence-electron chi connectivity index (χ4n) is 1.45. The van der Waals surface area contributed by atoms with Crippen molar-refractivity contribution in [3.05, 3.63) is 0 Å². The highest BCUT2D eigenvalue weighted by molar-refractivity contribution is 6.69. The smallest absolute Gasteiger partial charge is 0.276 e. The number of carbonyl (C=O) groups excluding carboxylic acids is 2. The second-order valence-electron chi connectivity index (χ2n) is 6.46. The predicted molar refractivity (Wildman–Crippen MR) is 66.7 cm³/mol. The van der Waals surface area contributed by atoms with Crippen molar-refractivity contribution in [3.8, 4) is 0 Å². The van der Waals surface area contributed by atoms with Gasteiger partial charge in [0, 0.05) is 5.54 Å². The predicted octanol–water partition coefficient (Wildman–Crippen LogP) is 0.844. The van der Waals surface area contributed by atoms with Crippen LogP contribution in [-0.2, 0) is 9.59 Å². The third kappa shape index (κ3) is 3.28. The topological polar surface area (TPSA) is 70.6 Å². The Balaban J connectivity index is 2.91. The summed E-state index contributed by atoms with van der Waals surface area (Å²) in [5, 5.41) is 6.60. The molecule has 5 heteroatoms. The van der Waals surface area contributed by atoms with Gasteiger partial charge >= 0.3 is 0 Å². The summed E-state index contributed by atoms with van der Waals surface area (Å²) in [6.07, 6.45) is 0. The van der Waals surface area contributed by atoms with Gasteiger partial charge in [-0.2, -0.15) is 5.10 Å². The quantitative estimate of drug-likeness (QED) is 0.666. The Morgan fingerprint density at radius 1 is 1.12 bits per heavy atom. The number of hydrogen-bond acceptors (Lipinski definition) is 4. The molecule has 1 aliphatic heterocycles. The van der Waals surface area contributed by atoms with E-state index in [9.17, 15) is 9.59 Å². The number of nitrogens with one attached hydrogen (secondary N) is 2. The number of nitrogens with zero attached hydrogens (tertiary/aromatic N) is 1. The van der Waals surface area contributed by atoms with Crippen LogP contribution < -0.4 is 10.7 Å². The summed E-state index contributed by atoms with van der Waals surface area (Å²) < 4.78 is 0. The maximum atomic E-state index is 12.0. The van der Waals surface area contributed by atoms with Crippen molar-refractivity contribution < 1.29 is 9.59 Å². The first-order valence-electron chi connectivity index (χ1n) is 5.72. The van der Waals surface area contributed by atoms with Crippen LogP contribution in [0, 0.1) is 5.41 Å². The van der Waals surface area contributed by atoms with E-state index in [1.54, 1.807) is 0 Å². The van der Waals surface area contributed by atoms with E-state index in [4.69, 9.17) is 0 Å². The molecule has 17 heavy (non-hydrogen) atoms. The Hall–Kier alpha value is -1.39. The first kappa shape index (κ1) is 13.7. The summed E-state index contributed by atoms with van der Waals surface area (Å²) >= 11 is 0. The average Bonchev–Trinajstić information content (AvgIpc) is 2.37. The summed E-state index contributed by atoms with van der Waals surface area (Å²) in [7, 11) is 0. The third-order valence-electron chi connectivity index (χ3n) is 2.36. The lowest BCUT2D eigenvalue weighted by atomic mass is 9.85. The van der Waals surface area contributed by atoms with Crippen molar-refractivity contribution in [2.45, 2.75) is 53.1 Å². The Morgan fingerprint density at radius 2 is 1.65 bits per heavy atom. The molecule has 2 N–H and O–H groups in total. The van der Waals surface area contributed by atoms with Crippen molar-refractivity contribution >= 4 is 17.4 Å². The molecule has 0 aromatic rings. The lowest BCUT2D eigenvalue weighted by Crippen LogP contribution is -2.41. The number of ketones is 1. The molecule has 1 amide bonds. The maximum Gasteiger partial charge on any atom is 0.276 e. The third-order valence-corrected chi connectivity index (χ3v) is 2.36. The van der Waals surface area contributed by atoms with Crippen molar-refractivity contribution in [3.63, 3.8) is 0 Å². The fraction of sp³-hybridized carbons (Fsp3) is 0.750. The minimum absolute atomic E-state index is 0.0279. The van der Waals surface area contributed by atoms with Gasteiger partial charge in [-0.3, -0.25) is 9.59 Å². The first-order chi connectivity index (χ1) is 7.52. The van der Waals surface area contributed by atoms with Crippen molar-refractivity contribution in [2.24, 2.45) is 10.5 Å². The highest BCUT2D eigenvalue weighted by atomic mass is 16.2. The van der Waals surface area contributed by atoms with E-state index < -0.39 is 11.9 Å². The second-order valence-corrected chi connectivity index (χ2v) is 6.46. The molecule has 1 unspecified atom stereocenters. The zero-order valence-electron chi connectivity index (χ0n) is 11.3. The monoisotopic (exact) mass is 239 g/mol. The number of carbonyl (C=O) groups is 2. The van der Waals surface area contributed by atoms with Crippen LogP contribution in [-0.4, -0.2) is 29.0 Å². The van der Waals surface area contributed by atoms with Crippen LogP contribution in [0.2, 0.25) is 0 Å². The van der Waals surface area contributed by atoms with Gasteiger partial charge in [0.1, 0.15) is 0 Å². The van der Waals surface area contributed by atoms with Crippen LogP contribution in [0.1, 0.15) is 41.5 Å². The summed E-state index contributed by atoms with van der Waals surface area (Å²) in [5.41, 5.74) is 2.20. The standard InChI is InChI=1S/C12H21N3O2/c1-11(2,3)9-8(16)7(10(17)13-9)14-15-12(4,5)6/h9,15H,1-6H3,(H,13,17)/b14-7+. The van der Waals surface area contributed by atoms with E-state index in [0.717, 1.165) is 0 Å². The van der Waals surface area contributed by atoms with Gasteiger partial charge in [-0.05, 0) is 26.2 Å². The SMILES string of the molecule is CC(C)(C)N/N=C1/C(=O)NC(C(C)(C)C)C1=O. The van der Waals surface area contributed by atoms with Crippen LogP contribution in [0.3, 0.4) is 0 Å². The summed E-state index contributed by atoms with van der Waals surface area (Å²) in [6, 6.07) is -0.490. The van der Waals surface area contributed by atoms with Crippen molar-refractivity contribution in [1.29, 1.82) is 0 Å². The van der Waals surface area contributed by atoms with E-state index >= 15 is 0 Å². The molecule has 0 radical (unpaired) electrons. The van der Waals surface area contributed by atoms with E-state index in [2.05, 4.69) is 15.8 Å². The number of rotatable bonds is 1. The molecule has 1 aliphatic rings. The van der Waals surface area contributed by atoms with Crippen LogP contribution in [0.25, 0.3) is 0 Å². The maximum absolute atomic E-state index is 12.0. The molecule has 0 spiro atoms. The number of hydrazone groups is 1. The van der Waals surface area contributed by atoms with Gasteiger partial charge in [0.05, 0.1) is 6.04 Å². The van der Waals surface area contributed by atoms with Gasteiger partial charge in [0.25, 0.3) is 5.91 Å². The average molecular weight is 239 g/mol. The van der Waals surface area contributed by atoms with Gasteiger partial charge < -0.3 is 10.7 Å². The molecule has 0 saturated carbocycles. The molecule has 1 atom stereocenters. The zero-order chi connectivity index (χ0) is 13.4. The summed E-state index contributed by atoms with van der Waals surface area (Å²) in [6.45, 7) is 11.5. The lowest BCUT2D eigenvalue weighted by Gasteiger charge is -2.24. The molecule has 5 nitrogen and oxygen atoms in total. The van der Waals surface area contributed by atoms with E-state index in [1.807, 2.05) is 41.5 Å². The van der Waals surface area contributed by atoms with Crippen LogP contribution in [0.15, 0.2) is 5.10 Å². The Kier molecular flexibility index (Phi) is 3.32. The highest BCUT2D eigenvalue weighted by Crippen LogP contribution is 2.23. The molecule has 0 aromatic carbocycles. The molecule has 0 bridgehead atoms. The van der Waals surface area contributed by atoms with E-state index in [0.29, 0.717) is 0 Å². The van der Waals surface area contributed by atoms with Crippen LogP contribution >= 0.6 is 0 Å². The molecule has 0 aliphatic carbocycles. The Morgan fingerprint density at radius 3 is 2.00 bits per heavy atom. The molecular weight excluding hydrogens is 218 g/mol. The lowest BCUT2D eigenvalue weighted by molar-refractivity contribution is -0.117. The Labute approximate surface area is 102 Å². The number of Topliss-reactive ketones (excluding diaryl/α,β-unsaturated/α-hetero) is 1. The van der Waals surface area contributed by atoms with Crippen molar-refractivity contribution in [2.75, 3.05) is 0 Å². The van der Waals surface area contributed by atoms with E-state index in [-0.39, 0.29) is 22.4 Å². The van der Waals surface area contributed by atoms with Gasteiger partial charge in [-0.25, -0.2) is 0 Å². The molecule has 0 aromatic heterocycles. The number of hydrogen-bond donors (Lipinski definition) is 2. The second kappa shape index (κ2) is 4.13. The van der Waals surface area contributed by atoms with Crippen LogP contribution in [0.4, 0.5) is 0 Å². The highest BCUT2D eigenvalue weighted by Gasteiger charge is 2.44. The van der Waals surface area contributed by atoms with Crippen LogP contribution in [0.5, 0.6) is 0 Å². The molecule has 1 rings (SSSR count). The minimum Gasteiger partial charge on any atom is -0.340 e. The molecule has 1 fully saturated rings. The van der Waals surface area contributed by atoms with Gasteiger partial charge in [-0.15, -0.1) is 0 Å². The van der Waals surface area contributed by atoms with E-state index in [1.165, 1.54) is 0 Å².